The van der Waals surface area contributed by atoms with Crippen LogP contribution in [-0.4, -0.2) is 32.5 Å². The second-order valence-corrected chi connectivity index (χ2v) is 5.70. The van der Waals surface area contributed by atoms with Gasteiger partial charge in [-0.2, -0.15) is 5.10 Å². The number of aliphatic hydroxyl groups is 1. The maximum atomic E-state index is 9.80. The molecule has 1 atom stereocenters. The molecule has 0 bridgehead atoms. The van der Waals surface area contributed by atoms with E-state index in [-0.39, 0.29) is 6.10 Å². The summed E-state index contributed by atoms with van der Waals surface area (Å²) in [7, 11) is 1.92. The van der Waals surface area contributed by atoms with Crippen LogP contribution >= 0.6 is 0 Å². The van der Waals surface area contributed by atoms with E-state index in [0.717, 1.165) is 36.3 Å². The number of aliphatic hydroxyl groups excluding tert-OH is 1. The molecule has 0 aliphatic carbocycles. The van der Waals surface area contributed by atoms with Gasteiger partial charge < -0.3 is 10.4 Å². The third kappa shape index (κ3) is 4.37. The van der Waals surface area contributed by atoms with Crippen molar-refractivity contribution >= 4 is 0 Å². The molecule has 2 heterocycles. The molecule has 114 valence electrons. The first-order valence-corrected chi connectivity index (χ1v) is 7.39. The highest BCUT2D eigenvalue weighted by molar-refractivity contribution is 5.61. The standard InChI is InChI=1S/C16H24N4O/c1-12(2)15(21)6-8-18-10-14-11-20(3)19-16(14)13-5-4-7-17-9-13/h4-5,7,9,11-12,15,18,21H,6,8,10H2,1-3H3. The van der Waals surface area contributed by atoms with Gasteiger partial charge in [0.25, 0.3) is 0 Å². The second kappa shape index (κ2) is 7.33. The Hall–Kier alpha value is -1.72. The maximum Gasteiger partial charge on any atom is 0.0983 e. The van der Waals surface area contributed by atoms with Gasteiger partial charge in [-0.25, -0.2) is 0 Å². The van der Waals surface area contributed by atoms with E-state index in [0.29, 0.717) is 5.92 Å². The SMILES string of the molecule is CC(C)C(O)CCNCc1cn(C)nc1-c1cccnc1. The molecule has 2 rings (SSSR count). The van der Waals surface area contributed by atoms with Crippen molar-refractivity contribution in [3.05, 3.63) is 36.3 Å². The Balaban J connectivity index is 1.95. The lowest BCUT2D eigenvalue weighted by Gasteiger charge is -2.14. The molecule has 5 heteroatoms. The van der Waals surface area contributed by atoms with Crippen molar-refractivity contribution in [1.29, 1.82) is 0 Å². The summed E-state index contributed by atoms with van der Waals surface area (Å²) in [5.74, 6) is 0.302. The average molecular weight is 288 g/mol. The molecular formula is C16H24N4O. The van der Waals surface area contributed by atoms with Crippen LogP contribution in [-0.2, 0) is 13.6 Å². The zero-order chi connectivity index (χ0) is 15.2. The number of aryl methyl sites for hydroxylation is 1. The summed E-state index contributed by atoms with van der Waals surface area (Å²) < 4.78 is 1.82. The summed E-state index contributed by atoms with van der Waals surface area (Å²) >= 11 is 0. The number of hydrogen-bond donors (Lipinski definition) is 2. The predicted octanol–water partition coefficient (Wildman–Crippen LogP) is 1.98. The highest BCUT2D eigenvalue weighted by Gasteiger charge is 2.11. The Bertz CT molecular complexity index is 551. The fourth-order valence-corrected chi connectivity index (χ4v) is 2.22. The van der Waals surface area contributed by atoms with Crippen LogP contribution in [0.25, 0.3) is 11.3 Å². The van der Waals surface area contributed by atoms with Crippen LogP contribution in [0.2, 0.25) is 0 Å². The molecule has 0 fully saturated rings. The minimum Gasteiger partial charge on any atom is -0.393 e. The van der Waals surface area contributed by atoms with Gasteiger partial charge in [-0.3, -0.25) is 9.67 Å². The van der Waals surface area contributed by atoms with Crippen LogP contribution in [0.15, 0.2) is 30.7 Å². The minimum atomic E-state index is -0.246. The predicted molar refractivity (Wildman–Crippen MR) is 83.6 cm³/mol. The van der Waals surface area contributed by atoms with Gasteiger partial charge in [0.05, 0.1) is 11.8 Å². The molecule has 5 nitrogen and oxygen atoms in total. The molecule has 2 N–H and O–H groups in total. The van der Waals surface area contributed by atoms with E-state index in [1.54, 1.807) is 6.20 Å². The maximum absolute atomic E-state index is 9.80. The molecule has 0 aromatic carbocycles. The zero-order valence-electron chi connectivity index (χ0n) is 13.0. The molecule has 21 heavy (non-hydrogen) atoms. The van der Waals surface area contributed by atoms with Crippen molar-refractivity contribution in [2.24, 2.45) is 13.0 Å². The molecule has 1 unspecified atom stereocenters. The van der Waals surface area contributed by atoms with Gasteiger partial charge in [0.2, 0.25) is 0 Å². The average Bonchev–Trinajstić information content (AvgIpc) is 2.85. The largest absolute Gasteiger partial charge is 0.393 e. The third-order valence-corrected chi connectivity index (χ3v) is 3.54. The van der Waals surface area contributed by atoms with Crippen LogP contribution in [0.1, 0.15) is 25.8 Å². The quantitative estimate of drug-likeness (QED) is 0.765. The number of aromatic nitrogens is 3. The molecule has 0 aliphatic heterocycles. The monoisotopic (exact) mass is 288 g/mol. The molecule has 0 radical (unpaired) electrons. The fraction of sp³-hybridized carbons (Fsp3) is 0.500. The highest BCUT2D eigenvalue weighted by Crippen LogP contribution is 2.20. The van der Waals surface area contributed by atoms with E-state index < -0.39 is 0 Å². The molecule has 0 saturated carbocycles. The summed E-state index contributed by atoms with van der Waals surface area (Å²) in [6.07, 6.45) is 6.13. The first-order valence-electron chi connectivity index (χ1n) is 7.39. The Kier molecular flexibility index (Phi) is 5.47. The first kappa shape index (κ1) is 15.7. The minimum absolute atomic E-state index is 0.246. The lowest BCUT2D eigenvalue weighted by molar-refractivity contribution is 0.116. The number of nitrogens with zero attached hydrogens (tertiary/aromatic N) is 3. The molecule has 0 saturated heterocycles. The van der Waals surface area contributed by atoms with Crippen LogP contribution in [0.3, 0.4) is 0 Å². The summed E-state index contributed by atoms with van der Waals surface area (Å²) in [5, 5.41) is 17.7. The lowest BCUT2D eigenvalue weighted by Crippen LogP contribution is -2.23. The molecule has 0 amide bonds. The number of pyridine rings is 1. The number of nitrogens with one attached hydrogen (secondary N) is 1. The molecule has 2 aromatic heterocycles. The molecule has 0 aliphatic rings. The van der Waals surface area contributed by atoms with Gasteiger partial charge in [0.1, 0.15) is 0 Å². The fourth-order valence-electron chi connectivity index (χ4n) is 2.22. The van der Waals surface area contributed by atoms with Gasteiger partial charge in [-0.15, -0.1) is 0 Å². The van der Waals surface area contributed by atoms with Gasteiger partial charge in [-0.05, 0) is 31.0 Å². The van der Waals surface area contributed by atoms with Crippen molar-refractivity contribution in [2.75, 3.05) is 6.54 Å². The van der Waals surface area contributed by atoms with Gasteiger partial charge in [0.15, 0.2) is 0 Å². The Morgan fingerprint density at radius 1 is 1.38 bits per heavy atom. The summed E-state index contributed by atoms with van der Waals surface area (Å²) in [6.45, 7) is 5.60. The number of rotatable bonds is 7. The highest BCUT2D eigenvalue weighted by atomic mass is 16.3. The van der Waals surface area contributed by atoms with Crippen molar-refractivity contribution in [3.8, 4) is 11.3 Å². The zero-order valence-corrected chi connectivity index (χ0v) is 13.0. The summed E-state index contributed by atoms with van der Waals surface area (Å²) in [4.78, 5) is 4.15. The smallest absolute Gasteiger partial charge is 0.0983 e. The molecular weight excluding hydrogens is 264 g/mol. The summed E-state index contributed by atoms with van der Waals surface area (Å²) in [5.41, 5.74) is 3.13. The summed E-state index contributed by atoms with van der Waals surface area (Å²) in [6, 6.07) is 3.93. The Morgan fingerprint density at radius 3 is 2.86 bits per heavy atom. The second-order valence-electron chi connectivity index (χ2n) is 5.70. The van der Waals surface area contributed by atoms with Crippen LogP contribution < -0.4 is 5.32 Å². The van der Waals surface area contributed by atoms with Crippen molar-refractivity contribution in [1.82, 2.24) is 20.1 Å². The van der Waals surface area contributed by atoms with Crippen LogP contribution in [0.5, 0.6) is 0 Å². The van der Waals surface area contributed by atoms with E-state index in [2.05, 4.69) is 15.4 Å². The van der Waals surface area contributed by atoms with E-state index >= 15 is 0 Å². The van der Waals surface area contributed by atoms with E-state index in [4.69, 9.17) is 0 Å². The van der Waals surface area contributed by atoms with E-state index in [1.807, 2.05) is 50.1 Å². The molecule has 0 spiro atoms. The molecule has 2 aromatic rings. The first-order chi connectivity index (χ1) is 10.1. The van der Waals surface area contributed by atoms with E-state index in [9.17, 15) is 5.11 Å². The normalized spacial score (nSPS) is 12.8. The van der Waals surface area contributed by atoms with Crippen molar-refractivity contribution < 1.29 is 5.11 Å². The van der Waals surface area contributed by atoms with Crippen LogP contribution in [0.4, 0.5) is 0 Å². The van der Waals surface area contributed by atoms with Crippen molar-refractivity contribution in [2.45, 2.75) is 32.9 Å². The van der Waals surface area contributed by atoms with Gasteiger partial charge in [-0.1, -0.05) is 13.8 Å². The van der Waals surface area contributed by atoms with Gasteiger partial charge in [0, 0.05) is 43.3 Å². The van der Waals surface area contributed by atoms with E-state index in [1.165, 1.54) is 0 Å². The number of hydrogen-bond acceptors (Lipinski definition) is 4. The van der Waals surface area contributed by atoms with Crippen LogP contribution in [0, 0.1) is 5.92 Å². The van der Waals surface area contributed by atoms with Gasteiger partial charge >= 0.3 is 0 Å². The Labute approximate surface area is 126 Å². The third-order valence-electron chi connectivity index (χ3n) is 3.54. The Morgan fingerprint density at radius 2 is 2.19 bits per heavy atom. The lowest BCUT2D eigenvalue weighted by atomic mass is 10.0. The topological polar surface area (TPSA) is 63.0 Å². The van der Waals surface area contributed by atoms with Crippen molar-refractivity contribution in [3.63, 3.8) is 0 Å².